The lowest BCUT2D eigenvalue weighted by molar-refractivity contribution is 0.0739. The van der Waals surface area contributed by atoms with Crippen LogP contribution in [0.5, 0.6) is 0 Å². The lowest BCUT2D eigenvalue weighted by Gasteiger charge is -2.35. The van der Waals surface area contributed by atoms with E-state index >= 15 is 0 Å². The smallest absolute Gasteiger partial charge is 0.271 e. The number of amides is 1. The van der Waals surface area contributed by atoms with Crippen molar-refractivity contribution < 1.29 is 4.79 Å². The van der Waals surface area contributed by atoms with E-state index in [1.54, 1.807) is 12.4 Å². The van der Waals surface area contributed by atoms with E-state index in [2.05, 4.69) is 14.9 Å². The van der Waals surface area contributed by atoms with Crippen LogP contribution in [0.25, 0.3) is 5.65 Å². The van der Waals surface area contributed by atoms with Crippen molar-refractivity contribution in [3.63, 3.8) is 0 Å². The van der Waals surface area contributed by atoms with E-state index in [9.17, 15) is 4.79 Å². The number of rotatable bonds is 2. The number of piperazine rings is 1. The number of hydrogen-bond acceptors (Lipinski definition) is 4. The SMILES string of the molecule is O=C(c1cccc2nccn12)N1CCN(c2ccccn2)CC1. The van der Waals surface area contributed by atoms with E-state index in [1.807, 2.05) is 51.9 Å². The molecule has 0 aromatic carbocycles. The first-order chi connectivity index (χ1) is 11.3. The largest absolute Gasteiger partial charge is 0.353 e. The molecular weight excluding hydrogens is 290 g/mol. The van der Waals surface area contributed by atoms with Crippen LogP contribution in [0.3, 0.4) is 0 Å². The Hall–Kier alpha value is -2.89. The van der Waals surface area contributed by atoms with Gasteiger partial charge in [-0.05, 0) is 24.3 Å². The molecule has 1 fully saturated rings. The Kier molecular flexibility index (Phi) is 3.42. The van der Waals surface area contributed by atoms with Crippen LogP contribution in [-0.2, 0) is 0 Å². The van der Waals surface area contributed by atoms with E-state index in [-0.39, 0.29) is 5.91 Å². The van der Waals surface area contributed by atoms with Gasteiger partial charge in [0.25, 0.3) is 5.91 Å². The molecule has 6 nitrogen and oxygen atoms in total. The fraction of sp³-hybridized carbons (Fsp3) is 0.235. The molecule has 0 aliphatic carbocycles. The summed E-state index contributed by atoms with van der Waals surface area (Å²) >= 11 is 0. The lowest BCUT2D eigenvalue weighted by Crippen LogP contribution is -2.49. The Morgan fingerprint density at radius 1 is 0.913 bits per heavy atom. The van der Waals surface area contributed by atoms with Crippen LogP contribution in [-0.4, -0.2) is 51.4 Å². The highest BCUT2D eigenvalue weighted by Gasteiger charge is 2.24. The van der Waals surface area contributed by atoms with Crippen LogP contribution < -0.4 is 4.90 Å². The molecule has 4 rings (SSSR count). The Balaban J connectivity index is 1.50. The van der Waals surface area contributed by atoms with Crippen molar-refractivity contribution in [2.24, 2.45) is 0 Å². The van der Waals surface area contributed by atoms with Gasteiger partial charge in [-0.3, -0.25) is 9.20 Å². The van der Waals surface area contributed by atoms with Crippen LogP contribution in [0.2, 0.25) is 0 Å². The average molecular weight is 307 g/mol. The number of hydrogen-bond donors (Lipinski definition) is 0. The molecule has 0 unspecified atom stereocenters. The first-order valence-corrected chi connectivity index (χ1v) is 7.70. The van der Waals surface area contributed by atoms with Gasteiger partial charge in [-0.2, -0.15) is 0 Å². The lowest BCUT2D eigenvalue weighted by atomic mass is 10.2. The third-order valence-electron chi connectivity index (χ3n) is 4.19. The van der Waals surface area contributed by atoms with E-state index in [1.165, 1.54) is 0 Å². The minimum absolute atomic E-state index is 0.0503. The van der Waals surface area contributed by atoms with Crippen LogP contribution in [0.4, 0.5) is 5.82 Å². The molecule has 3 aromatic rings. The predicted octanol–water partition coefficient (Wildman–Crippen LogP) is 1.69. The molecule has 6 heteroatoms. The van der Waals surface area contributed by atoms with Crippen molar-refractivity contribution >= 4 is 17.4 Å². The van der Waals surface area contributed by atoms with Crippen LogP contribution in [0, 0.1) is 0 Å². The summed E-state index contributed by atoms with van der Waals surface area (Å²) in [5.41, 5.74) is 1.45. The average Bonchev–Trinajstić information content (AvgIpc) is 3.11. The van der Waals surface area contributed by atoms with Gasteiger partial charge >= 0.3 is 0 Å². The second kappa shape index (κ2) is 5.72. The normalized spacial score (nSPS) is 15.1. The molecular formula is C17H17N5O. The number of carbonyl (C=O) groups excluding carboxylic acids is 1. The number of nitrogens with zero attached hydrogens (tertiary/aromatic N) is 5. The van der Waals surface area contributed by atoms with Gasteiger partial charge in [0, 0.05) is 44.8 Å². The van der Waals surface area contributed by atoms with Crippen molar-refractivity contribution in [2.75, 3.05) is 31.1 Å². The topological polar surface area (TPSA) is 53.7 Å². The van der Waals surface area contributed by atoms with Crippen molar-refractivity contribution in [2.45, 2.75) is 0 Å². The Bertz CT molecular complexity index is 821. The third-order valence-corrected chi connectivity index (χ3v) is 4.19. The highest BCUT2D eigenvalue weighted by atomic mass is 16.2. The molecule has 1 saturated heterocycles. The molecule has 0 spiro atoms. The summed E-state index contributed by atoms with van der Waals surface area (Å²) in [5, 5.41) is 0. The van der Waals surface area contributed by atoms with Crippen LogP contribution in [0.1, 0.15) is 10.5 Å². The number of aromatic nitrogens is 3. The maximum Gasteiger partial charge on any atom is 0.271 e. The fourth-order valence-electron chi connectivity index (χ4n) is 2.96. The second-order valence-corrected chi connectivity index (χ2v) is 5.53. The zero-order valence-corrected chi connectivity index (χ0v) is 12.7. The Morgan fingerprint density at radius 2 is 1.78 bits per heavy atom. The molecule has 1 aliphatic rings. The number of fused-ring (bicyclic) bond motifs is 1. The van der Waals surface area contributed by atoms with Crippen molar-refractivity contribution in [1.29, 1.82) is 0 Å². The van der Waals surface area contributed by atoms with Gasteiger partial charge in [-0.15, -0.1) is 0 Å². The van der Waals surface area contributed by atoms with E-state index in [0.717, 1.165) is 24.6 Å². The van der Waals surface area contributed by atoms with Crippen molar-refractivity contribution in [3.05, 3.63) is 60.7 Å². The minimum atomic E-state index is 0.0503. The Morgan fingerprint density at radius 3 is 2.57 bits per heavy atom. The van der Waals surface area contributed by atoms with Crippen LogP contribution in [0.15, 0.2) is 55.0 Å². The summed E-state index contributed by atoms with van der Waals surface area (Å²) < 4.78 is 1.84. The number of carbonyl (C=O) groups is 1. The van der Waals surface area contributed by atoms with Crippen molar-refractivity contribution in [1.82, 2.24) is 19.3 Å². The first kappa shape index (κ1) is 13.8. The Labute approximate surface area is 134 Å². The standard InChI is InChI=1S/C17H17N5O/c23-17(14-4-3-6-16-19-8-9-22(14)16)21-12-10-20(11-13-21)15-5-1-2-7-18-15/h1-9H,10-13H2. The summed E-state index contributed by atoms with van der Waals surface area (Å²) in [7, 11) is 0. The van der Waals surface area contributed by atoms with Gasteiger partial charge in [-0.25, -0.2) is 9.97 Å². The molecule has 0 saturated carbocycles. The molecule has 116 valence electrons. The highest BCUT2D eigenvalue weighted by molar-refractivity contribution is 5.93. The molecule has 0 bridgehead atoms. The van der Waals surface area contributed by atoms with Gasteiger partial charge in [0.1, 0.15) is 17.2 Å². The first-order valence-electron chi connectivity index (χ1n) is 7.70. The molecule has 4 heterocycles. The van der Waals surface area contributed by atoms with E-state index in [0.29, 0.717) is 18.8 Å². The zero-order chi connectivity index (χ0) is 15.6. The molecule has 23 heavy (non-hydrogen) atoms. The quantitative estimate of drug-likeness (QED) is 0.723. The molecule has 3 aromatic heterocycles. The van der Waals surface area contributed by atoms with Crippen molar-refractivity contribution in [3.8, 4) is 0 Å². The maximum atomic E-state index is 12.8. The van der Waals surface area contributed by atoms with Crippen LogP contribution >= 0.6 is 0 Å². The van der Waals surface area contributed by atoms with E-state index in [4.69, 9.17) is 0 Å². The maximum absolute atomic E-state index is 12.8. The third kappa shape index (κ3) is 2.52. The number of imidazole rings is 1. The van der Waals surface area contributed by atoms with Gasteiger partial charge in [-0.1, -0.05) is 12.1 Å². The second-order valence-electron chi connectivity index (χ2n) is 5.53. The fourth-order valence-corrected chi connectivity index (χ4v) is 2.96. The summed E-state index contributed by atoms with van der Waals surface area (Å²) in [6.07, 6.45) is 5.34. The molecule has 0 atom stereocenters. The minimum Gasteiger partial charge on any atom is -0.353 e. The summed E-state index contributed by atoms with van der Waals surface area (Å²) in [4.78, 5) is 25.5. The molecule has 0 N–H and O–H groups in total. The van der Waals surface area contributed by atoms with Gasteiger partial charge in [0.15, 0.2) is 0 Å². The summed E-state index contributed by atoms with van der Waals surface area (Å²) in [5.74, 6) is 1.02. The summed E-state index contributed by atoms with van der Waals surface area (Å²) in [6, 6.07) is 11.5. The number of anilines is 1. The number of pyridine rings is 2. The monoisotopic (exact) mass is 307 g/mol. The van der Waals surface area contributed by atoms with Gasteiger partial charge < -0.3 is 9.80 Å². The highest BCUT2D eigenvalue weighted by Crippen LogP contribution is 2.15. The van der Waals surface area contributed by atoms with Gasteiger partial charge in [0.2, 0.25) is 0 Å². The molecule has 1 amide bonds. The van der Waals surface area contributed by atoms with E-state index < -0.39 is 0 Å². The molecule has 1 aliphatic heterocycles. The summed E-state index contributed by atoms with van der Waals surface area (Å²) in [6.45, 7) is 2.98. The zero-order valence-electron chi connectivity index (χ0n) is 12.7. The van der Waals surface area contributed by atoms with Gasteiger partial charge in [0.05, 0.1) is 0 Å². The predicted molar refractivity (Wildman–Crippen MR) is 87.5 cm³/mol. The molecule has 0 radical (unpaired) electrons.